The van der Waals surface area contributed by atoms with Gasteiger partial charge >= 0.3 is 6.03 Å². The van der Waals surface area contributed by atoms with Gasteiger partial charge in [-0.25, -0.2) is 9.78 Å². The molecule has 18 heavy (non-hydrogen) atoms. The van der Waals surface area contributed by atoms with E-state index in [1.54, 1.807) is 16.8 Å². The summed E-state index contributed by atoms with van der Waals surface area (Å²) in [7, 11) is 0. The summed E-state index contributed by atoms with van der Waals surface area (Å²) in [5.41, 5.74) is 3.03. The number of urea groups is 1. The molecule has 1 heterocycles. The third kappa shape index (κ3) is 3.11. The van der Waals surface area contributed by atoms with Crippen molar-refractivity contribution in [3.05, 3.63) is 23.7 Å². The Morgan fingerprint density at radius 2 is 2.28 bits per heavy atom. The zero-order chi connectivity index (χ0) is 13.2. The van der Waals surface area contributed by atoms with Crippen LogP contribution in [0.15, 0.2) is 23.7 Å². The quantitative estimate of drug-likeness (QED) is 0.848. The Balaban J connectivity index is 2.06. The average molecular weight is 284 g/mol. The number of nitrogens with one attached hydrogen (secondary N) is 2. The Morgan fingerprint density at radius 1 is 1.50 bits per heavy atom. The summed E-state index contributed by atoms with van der Waals surface area (Å²) in [4.78, 5) is 16.0. The summed E-state index contributed by atoms with van der Waals surface area (Å²) < 4.78 is 1.05. The molecule has 0 saturated carbocycles. The van der Waals surface area contributed by atoms with E-state index in [2.05, 4.69) is 15.6 Å². The van der Waals surface area contributed by atoms with Crippen molar-refractivity contribution in [1.82, 2.24) is 10.3 Å². The molecule has 0 unspecified atom stereocenters. The molecule has 1 aromatic carbocycles. The minimum absolute atomic E-state index is 0.260. The molecule has 96 valence electrons. The van der Waals surface area contributed by atoms with E-state index in [0.717, 1.165) is 15.9 Å². The second kappa shape index (κ2) is 5.12. The molecule has 6 heteroatoms. The standard InChI is InChI=1S/C12H14ClN3OS/c1-12(2,6-13)16-11(17)15-8-3-4-9-10(5-8)18-7-14-9/h3-5,7H,6H2,1-2H3,(H2,15,16,17). The van der Waals surface area contributed by atoms with Crippen molar-refractivity contribution >= 4 is 44.9 Å². The number of carbonyl (C=O) groups is 1. The van der Waals surface area contributed by atoms with Crippen molar-refractivity contribution in [2.24, 2.45) is 0 Å². The number of hydrogen-bond acceptors (Lipinski definition) is 3. The number of benzene rings is 1. The lowest BCUT2D eigenvalue weighted by atomic mass is 10.1. The highest BCUT2D eigenvalue weighted by Crippen LogP contribution is 2.21. The second-order valence-electron chi connectivity index (χ2n) is 4.63. The fourth-order valence-corrected chi connectivity index (χ4v) is 2.22. The van der Waals surface area contributed by atoms with Gasteiger partial charge in [0.05, 0.1) is 15.7 Å². The number of hydrogen-bond donors (Lipinski definition) is 2. The van der Waals surface area contributed by atoms with Crippen LogP contribution in [0.1, 0.15) is 13.8 Å². The normalized spacial score (nSPS) is 11.5. The summed E-state index contributed by atoms with van der Waals surface area (Å²) in [5.74, 6) is 0.355. The third-order valence-electron chi connectivity index (χ3n) is 2.38. The number of halogens is 1. The van der Waals surface area contributed by atoms with Crippen LogP contribution in [0.5, 0.6) is 0 Å². The van der Waals surface area contributed by atoms with E-state index in [9.17, 15) is 4.79 Å². The zero-order valence-corrected chi connectivity index (χ0v) is 11.7. The maximum atomic E-state index is 11.8. The molecule has 0 fully saturated rings. The molecule has 2 N–H and O–H groups in total. The van der Waals surface area contributed by atoms with Gasteiger partial charge in [-0.2, -0.15) is 0 Å². The van der Waals surface area contributed by atoms with Gasteiger partial charge in [0.2, 0.25) is 0 Å². The minimum Gasteiger partial charge on any atom is -0.332 e. The zero-order valence-electron chi connectivity index (χ0n) is 10.2. The molecule has 0 aliphatic heterocycles. The van der Waals surface area contributed by atoms with Crippen LogP contribution >= 0.6 is 22.9 Å². The molecule has 4 nitrogen and oxygen atoms in total. The van der Waals surface area contributed by atoms with Gasteiger partial charge < -0.3 is 10.6 Å². The van der Waals surface area contributed by atoms with Crippen molar-refractivity contribution < 1.29 is 4.79 Å². The van der Waals surface area contributed by atoms with Gasteiger partial charge in [0.25, 0.3) is 0 Å². The molecular weight excluding hydrogens is 270 g/mol. The van der Waals surface area contributed by atoms with Crippen LogP contribution in [-0.4, -0.2) is 22.4 Å². The number of anilines is 1. The van der Waals surface area contributed by atoms with Crippen LogP contribution in [0.4, 0.5) is 10.5 Å². The van der Waals surface area contributed by atoms with Crippen LogP contribution in [0.25, 0.3) is 10.2 Å². The number of thiazole rings is 1. The number of carbonyl (C=O) groups excluding carboxylic acids is 1. The minimum atomic E-state index is -0.430. The van der Waals surface area contributed by atoms with Crippen molar-refractivity contribution in [2.45, 2.75) is 19.4 Å². The maximum Gasteiger partial charge on any atom is 0.319 e. The third-order valence-corrected chi connectivity index (χ3v) is 3.84. The largest absolute Gasteiger partial charge is 0.332 e. The first-order chi connectivity index (χ1) is 8.50. The molecular formula is C12H14ClN3OS. The van der Waals surface area contributed by atoms with Crippen LogP contribution in [0.3, 0.4) is 0 Å². The summed E-state index contributed by atoms with van der Waals surface area (Å²) >= 11 is 7.30. The fourth-order valence-electron chi connectivity index (χ4n) is 1.44. The Bertz CT molecular complexity index is 567. The summed E-state index contributed by atoms with van der Waals surface area (Å²) in [6.45, 7) is 3.73. The van der Waals surface area contributed by atoms with E-state index in [-0.39, 0.29) is 6.03 Å². The summed E-state index contributed by atoms with van der Waals surface area (Å²) in [6, 6.07) is 5.36. The average Bonchev–Trinajstić information content (AvgIpc) is 2.75. The first-order valence-corrected chi connectivity index (χ1v) is 6.90. The Kier molecular flexibility index (Phi) is 3.73. The first-order valence-electron chi connectivity index (χ1n) is 5.48. The number of nitrogens with zero attached hydrogens (tertiary/aromatic N) is 1. The van der Waals surface area contributed by atoms with E-state index < -0.39 is 5.54 Å². The smallest absolute Gasteiger partial charge is 0.319 e. The molecule has 0 radical (unpaired) electrons. The van der Waals surface area contributed by atoms with Crippen molar-refractivity contribution in [2.75, 3.05) is 11.2 Å². The van der Waals surface area contributed by atoms with Crippen LogP contribution < -0.4 is 10.6 Å². The van der Waals surface area contributed by atoms with E-state index in [1.807, 2.05) is 32.0 Å². The lowest BCUT2D eigenvalue weighted by Crippen LogP contribution is -2.46. The van der Waals surface area contributed by atoms with Gasteiger partial charge in [-0.15, -0.1) is 22.9 Å². The van der Waals surface area contributed by atoms with E-state index >= 15 is 0 Å². The monoisotopic (exact) mass is 283 g/mol. The Morgan fingerprint density at radius 3 is 3.00 bits per heavy atom. The molecule has 0 bridgehead atoms. The van der Waals surface area contributed by atoms with Gasteiger partial charge in [-0.3, -0.25) is 0 Å². The highest BCUT2D eigenvalue weighted by molar-refractivity contribution is 7.16. The molecule has 0 saturated heterocycles. The first kappa shape index (κ1) is 13.1. The SMILES string of the molecule is CC(C)(CCl)NC(=O)Nc1ccc2ncsc2c1. The molecule has 0 atom stereocenters. The molecule has 2 amide bonds. The van der Waals surface area contributed by atoms with Gasteiger partial charge in [-0.1, -0.05) is 0 Å². The molecule has 2 aromatic rings. The molecule has 0 aliphatic rings. The molecule has 0 spiro atoms. The lowest BCUT2D eigenvalue weighted by molar-refractivity contribution is 0.244. The molecule has 0 aliphatic carbocycles. The van der Waals surface area contributed by atoms with Gasteiger partial charge in [0.15, 0.2) is 0 Å². The number of fused-ring (bicyclic) bond motifs is 1. The topological polar surface area (TPSA) is 54.0 Å². The number of alkyl halides is 1. The van der Waals surface area contributed by atoms with Gasteiger partial charge in [-0.05, 0) is 32.0 Å². The van der Waals surface area contributed by atoms with E-state index in [4.69, 9.17) is 11.6 Å². The predicted molar refractivity (Wildman–Crippen MR) is 76.6 cm³/mol. The van der Waals surface area contributed by atoms with Crippen LogP contribution in [0, 0.1) is 0 Å². The Hall–Kier alpha value is -1.33. The predicted octanol–water partition coefficient (Wildman–Crippen LogP) is 3.44. The lowest BCUT2D eigenvalue weighted by Gasteiger charge is -2.23. The Labute approximate surface area is 114 Å². The van der Waals surface area contributed by atoms with Gasteiger partial charge in [0, 0.05) is 17.1 Å². The van der Waals surface area contributed by atoms with Crippen molar-refractivity contribution in [3.8, 4) is 0 Å². The van der Waals surface area contributed by atoms with Crippen LogP contribution in [0.2, 0.25) is 0 Å². The molecule has 1 aromatic heterocycles. The number of rotatable bonds is 3. The van der Waals surface area contributed by atoms with Crippen molar-refractivity contribution in [1.29, 1.82) is 0 Å². The summed E-state index contributed by atoms with van der Waals surface area (Å²) in [5, 5.41) is 5.59. The van der Waals surface area contributed by atoms with Gasteiger partial charge in [0.1, 0.15) is 0 Å². The van der Waals surface area contributed by atoms with E-state index in [1.165, 1.54) is 0 Å². The second-order valence-corrected chi connectivity index (χ2v) is 5.79. The number of amides is 2. The van der Waals surface area contributed by atoms with Crippen LogP contribution in [-0.2, 0) is 0 Å². The maximum absolute atomic E-state index is 11.8. The van der Waals surface area contributed by atoms with E-state index in [0.29, 0.717) is 5.88 Å². The molecule has 2 rings (SSSR count). The highest BCUT2D eigenvalue weighted by atomic mass is 35.5. The summed E-state index contributed by atoms with van der Waals surface area (Å²) in [6.07, 6.45) is 0. The fraction of sp³-hybridized carbons (Fsp3) is 0.333. The highest BCUT2D eigenvalue weighted by Gasteiger charge is 2.18. The number of aromatic nitrogens is 1. The van der Waals surface area contributed by atoms with Crippen molar-refractivity contribution in [3.63, 3.8) is 0 Å².